The summed E-state index contributed by atoms with van der Waals surface area (Å²) >= 11 is 7.73. The van der Waals surface area contributed by atoms with E-state index in [1.165, 1.54) is 0 Å². The van der Waals surface area contributed by atoms with E-state index in [-0.39, 0.29) is 11.5 Å². The van der Waals surface area contributed by atoms with Gasteiger partial charge >= 0.3 is 11.9 Å². The van der Waals surface area contributed by atoms with E-state index in [9.17, 15) is 9.59 Å². The van der Waals surface area contributed by atoms with Crippen molar-refractivity contribution in [3.8, 4) is 11.5 Å². The normalized spacial score (nSPS) is 12.9. The van der Waals surface area contributed by atoms with Crippen molar-refractivity contribution < 1.29 is 28.5 Å². The molecular weight excluding hydrogens is 376 g/mol. The van der Waals surface area contributed by atoms with Gasteiger partial charge in [0.1, 0.15) is 11.5 Å². The highest BCUT2D eigenvalue weighted by molar-refractivity contribution is 7.81. The number of carbonyl (C=O) groups is 2. The third-order valence-corrected chi connectivity index (χ3v) is 3.80. The molecule has 26 heavy (non-hydrogen) atoms. The maximum absolute atomic E-state index is 11.3. The summed E-state index contributed by atoms with van der Waals surface area (Å²) in [6.07, 6.45) is -1.53. The number of fused-ring (bicyclic) bond motifs is 1. The summed E-state index contributed by atoms with van der Waals surface area (Å²) in [5, 5.41) is 1.54. The first-order chi connectivity index (χ1) is 12.4. The Labute approximate surface area is 162 Å². The molecule has 0 radical (unpaired) electrons. The SMILES string of the molecule is CC(OC(=O)CS)Oc1cccc2c(OC(C)OC(=O)CS)cccc12. The van der Waals surface area contributed by atoms with E-state index < -0.39 is 24.5 Å². The van der Waals surface area contributed by atoms with Gasteiger partial charge in [0.15, 0.2) is 0 Å². The monoisotopic (exact) mass is 396 g/mol. The number of ether oxygens (including phenoxy) is 4. The first-order valence-electron chi connectivity index (χ1n) is 7.90. The first kappa shape index (κ1) is 20.3. The Morgan fingerprint density at radius 2 is 1.19 bits per heavy atom. The van der Waals surface area contributed by atoms with Gasteiger partial charge < -0.3 is 18.9 Å². The molecule has 2 unspecified atom stereocenters. The largest absolute Gasteiger partial charge is 0.454 e. The van der Waals surface area contributed by atoms with Crippen molar-refractivity contribution >= 4 is 48.0 Å². The minimum Gasteiger partial charge on any atom is -0.454 e. The molecule has 0 heterocycles. The highest BCUT2D eigenvalue weighted by atomic mass is 32.1. The van der Waals surface area contributed by atoms with Crippen molar-refractivity contribution in [2.24, 2.45) is 0 Å². The molecular formula is C18H20O6S2. The lowest BCUT2D eigenvalue weighted by Gasteiger charge is -2.19. The van der Waals surface area contributed by atoms with Crippen LogP contribution in [0.1, 0.15) is 13.8 Å². The third-order valence-electron chi connectivity index (χ3n) is 3.28. The Hall–Kier alpha value is -2.06. The molecule has 140 valence electrons. The van der Waals surface area contributed by atoms with Gasteiger partial charge in [-0.2, -0.15) is 25.3 Å². The van der Waals surface area contributed by atoms with Gasteiger partial charge in [-0.25, -0.2) is 0 Å². The lowest BCUT2D eigenvalue weighted by atomic mass is 10.1. The van der Waals surface area contributed by atoms with Crippen molar-refractivity contribution in [2.75, 3.05) is 11.5 Å². The maximum atomic E-state index is 11.3. The zero-order valence-electron chi connectivity index (χ0n) is 14.4. The Morgan fingerprint density at radius 3 is 1.54 bits per heavy atom. The first-order valence-corrected chi connectivity index (χ1v) is 9.16. The second kappa shape index (κ2) is 9.59. The number of benzene rings is 2. The minimum absolute atomic E-state index is 0.0237. The molecule has 0 spiro atoms. The van der Waals surface area contributed by atoms with Crippen molar-refractivity contribution in [1.29, 1.82) is 0 Å². The fourth-order valence-corrected chi connectivity index (χ4v) is 2.46. The van der Waals surface area contributed by atoms with Gasteiger partial charge in [-0.1, -0.05) is 24.3 Å². The average molecular weight is 396 g/mol. The summed E-state index contributed by atoms with van der Waals surface area (Å²) in [4.78, 5) is 22.6. The molecule has 0 bridgehead atoms. The molecule has 0 saturated carbocycles. The Balaban J connectivity index is 2.22. The van der Waals surface area contributed by atoms with Gasteiger partial charge in [-0.05, 0) is 12.1 Å². The van der Waals surface area contributed by atoms with Gasteiger partial charge in [0.05, 0.1) is 11.5 Å². The van der Waals surface area contributed by atoms with Crippen LogP contribution in [0, 0.1) is 0 Å². The fraction of sp³-hybridized carbons (Fsp3) is 0.333. The molecule has 2 rings (SSSR count). The van der Waals surface area contributed by atoms with Crippen molar-refractivity contribution in [3.63, 3.8) is 0 Å². The van der Waals surface area contributed by atoms with Gasteiger partial charge in [-0.3, -0.25) is 9.59 Å². The van der Waals surface area contributed by atoms with E-state index in [0.717, 1.165) is 10.8 Å². The highest BCUT2D eigenvalue weighted by Gasteiger charge is 2.15. The number of hydrogen-bond donors (Lipinski definition) is 2. The summed E-state index contributed by atoms with van der Waals surface area (Å²) in [6.45, 7) is 3.25. The Bertz CT molecular complexity index is 714. The van der Waals surface area contributed by atoms with Gasteiger partial charge in [0, 0.05) is 24.6 Å². The summed E-state index contributed by atoms with van der Waals surface area (Å²) in [7, 11) is 0. The predicted molar refractivity (Wildman–Crippen MR) is 104 cm³/mol. The van der Waals surface area contributed by atoms with Crippen LogP contribution in [0.2, 0.25) is 0 Å². The molecule has 0 aliphatic heterocycles. The lowest BCUT2D eigenvalue weighted by Crippen LogP contribution is -2.22. The Kier molecular flexibility index (Phi) is 7.47. The average Bonchev–Trinajstić information content (AvgIpc) is 2.62. The second-order valence-corrected chi connectivity index (χ2v) is 5.91. The Morgan fingerprint density at radius 1 is 0.808 bits per heavy atom. The molecule has 2 aromatic rings. The molecule has 6 nitrogen and oxygen atoms in total. The summed E-state index contributed by atoms with van der Waals surface area (Å²) < 4.78 is 21.6. The van der Waals surface area contributed by atoms with Crippen LogP contribution in [0.25, 0.3) is 10.8 Å². The van der Waals surface area contributed by atoms with Gasteiger partial charge in [-0.15, -0.1) is 0 Å². The third kappa shape index (κ3) is 5.47. The maximum Gasteiger partial charge on any atom is 0.318 e. The van der Waals surface area contributed by atoms with Crippen LogP contribution in [-0.4, -0.2) is 36.0 Å². The zero-order chi connectivity index (χ0) is 19.1. The molecule has 0 N–H and O–H groups in total. The number of rotatable bonds is 8. The predicted octanol–water partition coefficient (Wildman–Crippen LogP) is 3.24. The quantitative estimate of drug-likeness (QED) is 0.406. The highest BCUT2D eigenvalue weighted by Crippen LogP contribution is 2.33. The van der Waals surface area contributed by atoms with Crippen LogP contribution in [-0.2, 0) is 19.1 Å². The summed E-state index contributed by atoms with van der Waals surface area (Å²) in [5.41, 5.74) is 0. The molecule has 8 heteroatoms. The molecule has 0 amide bonds. The van der Waals surface area contributed by atoms with Gasteiger partial charge in [0.2, 0.25) is 12.6 Å². The van der Waals surface area contributed by atoms with Crippen LogP contribution < -0.4 is 9.47 Å². The zero-order valence-corrected chi connectivity index (χ0v) is 16.2. The molecule has 2 aromatic carbocycles. The van der Waals surface area contributed by atoms with E-state index in [1.54, 1.807) is 38.1 Å². The fourth-order valence-electron chi connectivity index (χ4n) is 2.31. The van der Waals surface area contributed by atoms with Crippen molar-refractivity contribution in [2.45, 2.75) is 26.4 Å². The van der Waals surface area contributed by atoms with E-state index in [2.05, 4.69) is 25.3 Å². The van der Waals surface area contributed by atoms with E-state index in [4.69, 9.17) is 18.9 Å². The molecule has 0 aliphatic carbocycles. The van der Waals surface area contributed by atoms with Crippen molar-refractivity contribution in [1.82, 2.24) is 0 Å². The van der Waals surface area contributed by atoms with Gasteiger partial charge in [0.25, 0.3) is 0 Å². The summed E-state index contributed by atoms with van der Waals surface area (Å²) in [5.74, 6) is 0.0866. The topological polar surface area (TPSA) is 71.1 Å². The lowest BCUT2D eigenvalue weighted by molar-refractivity contribution is -0.158. The van der Waals surface area contributed by atoms with Crippen LogP contribution in [0.3, 0.4) is 0 Å². The number of esters is 2. The number of carbonyl (C=O) groups excluding carboxylic acids is 2. The molecule has 0 aromatic heterocycles. The van der Waals surface area contributed by atoms with Crippen LogP contribution in [0.15, 0.2) is 36.4 Å². The van der Waals surface area contributed by atoms with Crippen LogP contribution >= 0.6 is 25.3 Å². The summed E-state index contributed by atoms with van der Waals surface area (Å²) in [6, 6.07) is 10.8. The second-order valence-electron chi connectivity index (χ2n) is 5.27. The molecule has 0 aliphatic rings. The molecule has 0 saturated heterocycles. The smallest absolute Gasteiger partial charge is 0.318 e. The van der Waals surface area contributed by atoms with E-state index in [1.807, 2.05) is 12.1 Å². The minimum atomic E-state index is -0.764. The number of thiol groups is 2. The molecule has 0 fully saturated rings. The van der Waals surface area contributed by atoms with Crippen LogP contribution in [0.5, 0.6) is 11.5 Å². The molecule has 2 atom stereocenters. The van der Waals surface area contributed by atoms with Crippen LogP contribution in [0.4, 0.5) is 0 Å². The standard InChI is InChI=1S/C18H20O6S2/c1-11(23-17(19)9-25)21-15-7-3-6-14-13(15)5-4-8-16(14)22-12(2)24-18(20)10-26/h3-8,11-12,25-26H,9-10H2,1-2H3. The van der Waals surface area contributed by atoms with Crippen molar-refractivity contribution in [3.05, 3.63) is 36.4 Å². The van der Waals surface area contributed by atoms with E-state index >= 15 is 0 Å². The van der Waals surface area contributed by atoms with E-state index in [0.29, 0.717) is 11.5 Å². The number of hydrogen-bond acceptors (Lipinski definition) is 8.